The van der Waals surface area contributed by atoms with Crippen molar-refractivity contribution in [2.24, 2.45) is 0 Å². The molecular weight excluding hydrogens is 228 g/mol. The van der Waals surface area contributed by atoms with Gasteiger partial charge in [-0.3, -0.25) is 4.68 Å². The van der Waals surface area contributed by atoms with Crippen LogP contribution in [0.1, 0.15) is 49.0 Å². The van der Waals surface area contributed by atoms with Gasteiger partial charge in [-0.1, -0.05) is 19.3 Å². The van der Waals surface area contributed by atoms with Crippen LogP contribution in [0.15, 0.2) is 12.3 Å². The molecule has 0 aromatic carbocycles. The minimum absolute atomic E-state index is 0.332. The number of carbonyl (C=O) groups excluding carboxylic acids is 1. The minimum atomic E-state index is -0.332. The number of esters is 1. The first-order valence-corrected chi connectivity index (χ1v) is 6.33. The summed E-state index contributed by atoms with van der Waals surface area (Å²) in [6.07, 6.45) is 13.3. The van der Waals surface area contributed by atoms with Gasteiger partial charge in [0.05, 0.1) is 7.11 Å². The van der Waals surface area contributed by atoms with Crippen LogP contribution in [0.4, 0.5) is 0 Å². The zero-order valence-electron chi connectivity index (χ0n) is 10.9. The maximum atomic E-state index is 11.4. The van der Waals surface area contributed by atoms with E-state index in [1.54, 1.807) is 16.9 Å². The van der Waals surface area contributed by atoms with Gasteiger partial charge < -0.3 is 4.74 Å². The quantitative estimate of drug-likeness (QED) is 0.403. The highest BCUT2D eigenvalue weighted by Crippen LogP contribution is 2.08. The van der Waals surface area contributed by atoms with Gasteiger partial charge in [-0.05, 0) is 18.9 Å². The summed E-state index contributed by atoms with van der Waals surface area (Å²) in [5.74, 6) is 2.31. The lowest BCUT2D eigenvalue weighted by atomic mass is 10.1. The second-order valence-electron chi connectivity index (χ2n) is 4.15. The van der Waals surface area contributed by atoms with Crippen LogP contribution in [0, 0.1) is 12.3 Å². The molecule has 0 saturated carbocycles. The zero-order chi connectivity index (χ0) is 13.2. The van der Waals surface area contributed by atoms with E-state index in [0.29, 0.717) is 5.69 Å². The second kappa shape index (κ2) is 8.35. The third kappa shape index (κ3) is 4.62. The Balaban J connectivity index is 2.22. The van der Waals surface area contributed by atoms with Gasteiger partial charge in [-0.15, -0.1) is 12.3 Å². The van der Waals surface area contributed by atoms with E-state index in [1.165, 1.54) is 20.0 Å². The summed E-state index contributed by atoms with van der Waals surface area (Å²) in [6.45, 7) is 0.757. The van der Waals surface area contributed by atoms with E-state index in [4.69, 9.17) is 6.42 Å². The molecule has 0 radical (unpaired) electrons. The first-order valence-electron chi connectivity index (χ1n) is 6.33. The van der Waals surface area contributed by atoms with E-state index in [9.17, 15) is 4.79 Å². The number of methoxy groups -OCH3 is 1. The molecule has 18 heavy (non-hydrogen) atoms. The molecule has 1 rings (SSSR count). The van der Waals surface area contributed by atoms with Crippen LogP contribution in [-0.4, -0.2) is 22.9 Å². The van der Waals surface area contributed by atoms with Crippen LogP contribution >= 0.6 is 0 Å². The largest absolute Gasteiger partial charge is 0.464 e. The number of nitrogens with zero attached hydrogens (tertiary/aromatic N) is 2. The third-order valence-electron chi connectivity index (χ3n) is 2.80. The highest BCUT2D eigenvalue weighted by molar-refractivity contribution is 5.87. The Labute approximate surface area is 108 Å². The summed E-state index contributed by atoms with van der Waals surface area (Å²) in [4.78, 5) is 11.4. The number of hydrogen-bond acceptors (Lipinski definition) is 3. The maximum Gasteiger partial charge on any atom is 0.356 e. The van der Waals surface area contributed by atoms with E-state index in [0.717, 1.165) is 32.2 Å². The minimum Gasteiger partial charge on any atom is -0.464 e. The highest BCUT2D eigenvalue weighted by Gasteiger charge is 2.11. The monoisotopic (exact) mass is 248 g/mol. The molecule has 0 aliphatic heterocycles. The Morgan fingerprint density at radius 2 is 2.11 bits per heavy atom. The van der Waals surface area contributed by atoms with Crippen molar-refractivity contribution in [1.82, 2.24) is 9.78 Å². The lowest BCUT2D eigenvalue weighted by molar-refractivity contribution is 0.0586. The van der Waals surface area contributed by atoms with E-state index in [1.807, 2.05) is 0 Å². The molecular formula is C14H20N2O2. The first-order chi connectivity index (χ1) is 8.79. The molecule has 0 spiro atoms. The Kier molecular flexibility index (Phi) is 6.63. The van der Waals surface area contributed by atoms with Crippen molar-refractivity contribution in [3.8, 4) is 12.3 Å². The van der Waals surface area contributed by atoms with Crippen LogP contribution < -0.4 is 0 Å². The Morgan fingerprint density at radius 3 is 2.83 bits per heavy atom. The van der Waals surface area contributed by atoms with Crippen LogP contribution in [0.3, 0.4) is 0 Å². The molecule has 0 amide bonds. The molecule has 0 N–H and O–H groups in total. The van der Waals surface area contributed by atoms with Gasteiger partial charge in [0, 0.05) is 19.2 Å². The molecule has 1 aromatic rings. The topological polar surface area (TPSA) is 44.1 Å². The van der Waals surface area contributed by atoms with Gasteiger partial charge in [0.1, 0.15) is 5.69 Å². The molecule has 0 aliphatic carbocycles. The predicted octanol–water partition coefficient (Wildman–Crippen LogP) is 2.64. The Hall–Kier alpha value is -1.76. The van der Waals surface area contributed by atoms with E-state index in [-0.39, 0.29) is 5.97 Å². The second-order valence-corrected chi connectivity index (χ2v) is 4.15. The Bertz CT molecular complexity index is 404. The third-order valence-corrected chi connectivity index (χ3v) is 2.80. The molecule has 98 valence electrons. The van der Waals surface area contributed by atoms with Crippen molar-refractivity contribution in [1.29, 1.82) is 0 Å². The van der Waals surface area contributed by atoms with Gasteiger partial charge >= 0.3 is 5.97 Å². The van der Waals surface area contributed by atoms with Crippen molar-refractivity contribution in [3.05, 3.63) is 18.0 Å². The van der Waals surface area contributed by atoms with Gasteiger partial charge in [0.25, 0.3) is 0 Å². The van der Waals surface area contributed by atoms with Crippen LogP contribution in [0.5, 0.6) is 0 Å². The summed E-state index contributed by atoms with van der Waals surface area (Å²) in [5.41, 5.74) is 0.518. The number of aromatic nitrogens is 2. The van der Waals surface area contributed by atoms with Gasteiger partial charge in [0.2, 0.25) is 0 Å². The number of unbranched alkanes of at least 4 members (excludes halogenated alkanes) is 5. The average molecular weight is 248 g/mol. The lowest BCUT2D eigenvalue weighted by Gasteiger charge is -2.05. The number of aryl methyl sites for hydroxylation is 1. The lowest BCUT2D eigenvalue weighted by Crippen LogP contribution is -2.12. The number of terminal acetylenes is 1. The number of rotatable bonds is 8. The number of ether oxygens (including phenoxy) is 1. The maximum absolute atomic E-state index is 11.4. The fraction of sp³-hybridized carbons (Fsp3) is 0.571. The van der Waals surface area contributed by atoms with E-state index in [2.05, 4.69) is 15.8 Å². The summed E-state index contributed by atoms with van der Waals surface area (Å²) in [6, 6.07) is 1.68. The molecule has 1 heterocycles. The van der Waals surface area contributed by atoms with Crippen molar-refractivity contribution in [3.63, 3.8) is 0 Å². The normalized spacial score (nSPS) is 10.0. The zero-order valence-corrected chi connectivity index (χ0v) is 10.9. The van der Waals surface area contributed by atoms with Crippen LogP contribution in [-0.2, 0) is 11.3 Å². The molecule has 0 bridgehead atoms. The van der Waals surface area contributed by atoms with Crippen LogP contribution in [0.2, 0.25) is 0 Å². The van der Waals surface area contributed by atoms with Crippen molar-refractivity contribution < 1.29 is 9.53 Å². The van der Waals surface area contributed by atoms with Crippen LogP contribution in [0.25, 0.3) is 0 Å². The fourth-order valence-corrected chi connectivity index (χ4v) is 1.81. The molecule has 0 unspecified atom stereocenters. The first kappa shape index (κ1) is 14.3. The molecule has 0 atom stereocenters. The standard InChI is InChI=1S/C14H20N2O2/c1-3-4-5-6-7-8-9-12-16-13(10-11-15-16)14(17)18-2/h1,10-11H,4-9,12H2,2H3. The summed E-state index contributed by atoms with van der Waals surface area (Å²) >= 11 is 0. The molecule has 1 aromatic heterocycles. The highest BCUT2D eigenvalue weighted by atomic mass is 16.5. The van der Waals surface area contributed by atoms with Crippen molar-refractivity contribution in [2.45, 2.75) is 45.1 Å². The molecule has 0 aliphatic rings. The van der Waals surface area contributed by atoms with E-state index < -0.39 is 0 Å². The van der Waals surface area contributed by atoms with E-state index >= 15 is 0 Å². The van der Waals surface area contributed by atoms with Crippen molar-refractivity contribution >= 4 is 5.97 Å². The predicted molar refractivity (Wildman–Crippen MR) is 70.1 cm³/mol. The Morgan fingerprint density at radius 1 is 1.39 bits per heavy atom. The van der Waals surface area contributed by atoms with Gasteiger partial charge in [-0.2, -0.15) is 5.10 Å². The SMILES string of the molecule is C#CCCCCCCCn1nccc1C(=O)OC. The summed E-state index contributed by atoms with van der Waals surface area (Å²) in [7, 11) is 1.38. The fourth-order valence-electron chi connectivity index (χ4n) is 1.81. The number of hydrogen-bond donors (Lipinski definition) is 0. The summed E-state index contributed by atoms with van der Waals surface area (Å²) < 4.78 is 6.39. The molecule has 0 saturated heterocycles. The van der Waals surface area contributed by atoms with Gasteiger partial charge in [-0.25, -0.2) is 4.79 Å². The molecule has 4 nitrogen and oxygen atoms in total. The smallest absolute Gasteiger partial charge is 0.356 e. The summed E-state index contributed by atoms with van der Waals surface area (Å²) in [5, 5.41) is 4.12. The average Bonchev–Trinajstić information content (AvgIpc) is 2.85. The molecule has 4 heteroatoms. The number of carbonyl (C=O) groups is 1. The van der Waals surface area contributed by atoms with Crippen molar-refractivity contribution in [2.75, 3.05) is 7.11 Å². The molecule has 0 fully saturated rings. The van der Waals surface area contributed by atoms with Gasteiger partial charge in [0.15, 0.2) is 0 Å².